The van der Waals surface area contributed by atoms with Gasteiger partial charge >= 0.3 is 0 Å². The zero-order valence-corrected chi connectivity index (χ0v) is 17.6. The minimum Gasteiger partial charge on any atom is -0.449 e. The van der Waals surface area contributed by atoms with Crippen LogP contribution in [0.15, 0.2) is 54.6 Å². The molecule has 3 heterocycles. The van der Waals surface area contributed by atoms with E-state index in [2.05, 4.69) is 50.5 Å². The van der Waals surface area contributed by atoms with Crippen LogP contribution in [0.25, 0.3) is 0 Å². The lowest BCUT2D eigenvalue weighted by Gasteiger charge is -2.24. The van der Waals surface area contributed by atoms with Gasteiger partial charge in [-0.3, -0.25) is 4.79 Å². The van der Waals surface area contributed by atoms with Gasteiger partial charge in [-0.05, 0) is 59.8 Å². The summed E-state index contributed by atoms with van der Waals surface area (Å²) in [5, 5.41) is 2.89. The minimum absolute atomic E-state index is 0.0585. The fraction of sp³-hybridized carbons (Fsp3) is 0.286. The molecule has 0 saturated heterocycles. The van der Waals surface area contributed by atoms with Crippen LogP contribution in [0.1, 0.15) is 33.6 Å². The Bertz CT molecular complexity index is 914. The minimum atomic E-state index is -1.85. The molecular formula is C21H23NO2Si2. The molecule has 2 bridgehead atoms. The SMILES string of the molecule is C[Si]1(C)O[Si](C)(C)c2cc3c(cc21)C1C=CC3N1C(=O)c1ccccc1. The van der Waals surface area contributed by atoms with Crippen LogP contribution in [-0.4, -0.2) is 27.4 Å². The van der Waals surface area contributed by atoms with E-state index in [0.29, 0.717) is 0 Å². The van der Waals surface area contributed by atoms with Crippen LogP contribution in [0.5, 0.6) is 0 Å². The normalized spacial score (nSPS) is 26.1. The predicted octanol–water partition coefficient (Wildman–Crippen LogP) is 3.35. The quantitative estimate of drug-likeness (QED) is 0.563. The maximum absolute atomic E-state index is 13.2. The second kappa shape index (κ2) is 5.06. The summed E-state index contributed by atoms with van der Waals surface area (Å²) in [5.41, 5.74) is 3.37. The van der Waals surface area contributed by atoms with E-state index in [1.54, 1.807) is 0 Å². The van der Waals surface area contributed by atoms with E-state index in [-0.39, 0.29) is 18.0 Å². The van der Waals surface area contributed by atoms with Crippen molar-refractivity contribution >= 4 is 32.9 Å². The van der Waals surface area contributed by atoms with Crippen LogP contribution in [-0.2, 0) is 4.12 Å². The van der Waals surface area contributed by atoms with Crippen LogP contribution in [0.2, 0.25) is 26.2 Å². The Hall–Kier alpha value is -1.96. The third-order valence-corrected chi connectivity index (χ3v) is 13.8. The first-order valence-electron chi connectivity index (χ1n) is 9.25. The lowest BCUT2D eigenvalue weighted by molar-refractivity contribution is 0.0713. The second-order valence-electron chi connectivity index (χ2n) is 8.50. The molecule has 2 unspecified atom stereocenters. The molecule has 0 aromatic heterocycles. The van der Waals surface area contributed by atoms with E-state index in [0.717, 1.165) is 5.56 Å². The highest BCUT2D eigenvalue weighted by molar-refractivity contribution is 7.05. The summed E-state index contributed by atoms with van der Waals surface area (Å²) in [4.78, 5) is 15.2. The van der Waals surface area contributed by atoms with Crippen molar-refractivity contribution in [2.45, 2.75) is 38.3 Å². The average Bonchev–Trinajstić information content (AvgIpc) is 3.21. The van der Waals surface area contributed by atoms with E-state index in [4.69, 9.17) is 4.12 Å². The van der Waals surface area contributed by atoms with Crippen molar-refractivity contribution in [1.82, 2.24) is 4.90 Å². The molecule has 5 rings (SSSR count). The summed E-state index contributed by atoms with van der Waals surface area (Å²) in [7, 11) is -3.69. The molecule has 1 amide bonds. The number of carbonyl (C=O) groups excluding carboxylic acids is 1. The highest BCUT2D eigenvalue weighted by Gasteiger charge is 2.50. The molecule has 2 aromatic rings. The van der Waals surface area contributed by atoms with Gasteiger partial charge in [0.05, 0.1) is 12.1 Å². The van der Waals surface area contributed by atoms with Gasteiger partial charge in [-0.1, -0.05) is 42.5 Å². The molecule has 5 heteroatoms. The van der Waals surface area contributed by atoms with Gasteiger partial charge in [0.1, 0.15) is 0 Å². The smallest absolute Gasteiger partial charge is 0.255 e. The number of fused-ring (bicyclic) bond motifs is 6. The van der Waals surface area contributed by atoms with Crippen molar-refractivity contribution in [2.75, 3.05) is 0 Å². The Balaban J connectivity index is 1.61. The fourth-order valence-electron chi connectivity index (χ4n) is 4.95. The molecule has 132 valence electrons. The monoisotopic (exact) mass is 377 g/mol. The van der Waals surface area contributed by atoms with Crippen molar-refractivity contribution in [3.63, 3.8) is 0 Å². The topological polar surface area (TPSA) is 29.5 Å². The predicted molar refractivity (Wildman–Crippen MR) is 109 cm³/mol. The van der Waals surface area contributed by atoms with Gasteiger partial charge < -0.3 is 9.02 Å². The average molecular weight is 378 g/mol. The summed E-state index contributed by atoms with van der Waals surface area (Å²) in [6.45, 7) is 9.21. The summed E-state index contributed by atoms with van der Waals surface area (Å²) >= 11 is 0. The molecule has 26 heavy (non-hydrogen) atoms. The van der Waals surface area contributed by atoms with E-state index in [1.165, 1.54) is 21.5 Å². The van der Waals surface area contributed by atoms with E-state index in [1.807, 2.05) is 35.2 Å². The van der Waals surface area contributed by atoms with Crippen molar-refractivity contribution in [3.05, 3.63) is 71.3 Å². The summed E-state index contributed by atoms with van der Waals surface area (Å²) < 4.78 is 6.60. The number of benzene rings is 2. The number of rotatable bonds is 1. The number of carbonyl (C=O) groups is 1. The van der Waals surface area contributed by atoms with Gasteiger partial charge in [0.15, 0.2) is 0 Å². The second-order valence-corrected chi connectivity index (χ2v) is 16.4. The Morgan fingerprint density at radius 2 is 1.38 bits per heavy atom. The largest absolute Gasteiger partial charge is 0.449 e. The standard InChI is InChI=1S/C21H23NO2Si2/c1-25(2)19-12-15-16(13-20(19)26(3,4)24-25)18-11-10-17(15)22(18)21(23)14-8-6-5-7-9-14/h5-13,17-18H,1-4H3. The zero-order chi connectivity index (χ0) is 18.3. The highest BCUT2D eigenvalue weighted by Crippen LogP contribution is 2.49. The number of hydrogen-bond donors (Lipinski definition) is 0. The Morgan fingerprint density at radius 3 is 1.88 bits per heavy atom. The van der Waals surface area contributed by atoms with Gasteiger partial charge in [0.2, 0.25) is 16.6 Å². The van der Waals surface area contributed by atoms with Crippen molar-refractivity contribution in [2.24, 2.45) is 0 Å². The summed E-state index contributed by atoms with van der Waals surface area (Å²) in [5.74, 6) is 0.117. The van der Waals surface area contributed by atoms with Crippen molar-refractivity contribution < 1.29 is 8.91 Å². The third-order valence-electron chi connectivity index (χ3n) is 6.00. The molecule has 0 radical (unpaired) electrons. The van der Waals surface area contributed by atoms with E-state index < -0.39 is 16.6 Å². The van der Waals surface area contributed by atoms with E-state index in [9.17, 15) is 4.79 Å². The molecule has 0 saturated carbocycles. The first-order valence-corrected chi connectivity index (χ1v) is 15.1. The molecule has 0 aliphatic carbocycles. The van der Waals surface area contributed by atoms with Crippen LogP contribution in [0.3, 0.4) is 0 Å². The molecule has 2 aromatic carbocycles. The maximum Gasteiger partial charge on any atom is 0.255 e. The maximum atomic E-state index is 13.2. The van der Waals surface area contributed by atoms with Crippen LogP contribution < -0.4 is 10.4 Å². The zero-order valence-electron chi connectivity index (χ0n) is 15.6. The molecule has 0 fully saturated rings. The molecule has 3 aliphatic heterocycles. The third kappa shape index (κ3) is 2.05. The van der Waals surface area contributed by atoms with Gasteiger partial charge in [-0.25, -0.2) is 0 Å². The molecule has 0 N–H and O–H groups in total. The van der Waals surface area contributed by atoms with Crippen LogP contribution >= 0.6 is 0 Å². The van der Waals surface area contributed by atoms with Crippen molar-refractivity contribution in [3.8, 4) is 0 Å². The summed E-state index contributed by atoms with van der Waals surface area (Å²) in [6, 6.07) is 14.5. The van der Waals surface area contributed by atoms with Crippen molar-refractivity contribution in [1.29, 1.82) is 0 Å². The summed E-state index contributed by atoms with van der Waals surface area (Å²) in [6.07, 6.45) is 4.38. The van der Waals surface area contributed by atoms with Gasteiger partial charge in [-0.2, -0.15) is 0 Å². The molecule has 3 aliphatic rings. The number of amides is 1. The first-order chi connectivity index (χ1) is 12.3. The molecule has 0 spiro atoms. The van der Waals surface area contributed by atoms with Gasteiger partial charge in [0.25, 0.3) is 5.91 Å². The van der Waals surface area contributed by atoms with Crippen LogP contribution in [0, 0.1) is 0 Å². The van der Waals surface area contributed by atoms with Gasteiger partial charge in [0, 0.05) is 5.56 Å². The molecular weight excluding hydrogens is 354 g/mol. The Labute approximate surface area is 156 Å². The van der Waals surface area contributed by atoms with Gasteiger partial charge in [-0.15, -0.1) is 0 Å². The van der Waals surface area contributed by atoms with Crippen LogP contribution in [0.4, 0.5) is 0 Å². The Morgan fingerprint density at radius 1 is 0.885 bits per heavy atom. The lowest BCUT2D eigenvalue weighted by atomic mass is 9.97. The highest BCUT2D eigenvalue weighted by atomic mass is 28.4. The number of hydrogen-bond acceptors (Lipinski definition) is 2. The lowest BCUT2D eigenvalue weighted by Crippen LogP contribution is -2.44. The first kappa shape index (κ1) is 16.2. The van der Waals surface area contributed by atoms with E-state index >= 15 is 0 Å². The number of nitrogens with zero attached hydrogens (tertiary/aromatic N) is 1. The fourth-order valence-corrected chi connectivity index (χ4v) is 15.2. The molecule has 2 atom stereocenters. The Kier molecular flexibility index (Phi) is 3.16. The molecule has 3 nitrogen and oxygen atoms in total.